The molecule has 1 atom stereocenters. The van der Waals surface area contributed by atoms with Crippen LogP contribution in [0.3, 0.4) is 0 Å². The van der Waals surface area contributed by atoms with E-state index in [0.29, 0.717) is 5.92 Å². The highest BCUT2D eigenvalue weighted by atomic mass is 15.3. The summed E-state index contributed by atoms with van der Waals surface area (Å²) < 4.78 is 1.03. The van der Waals surface area contributed by atoms with Crippen molar-refractivity contribution in [1.29, 1.82) is 0 Å². The van der Waals surface area contributed by atoms with Crippen LogP contribution in [-0.2, 0) is 0 Å². The Labute approximate surface area is 105 Å². The molecule has 17 heavy (non-hydrogen) atoms. The van der Waals surface area contributed by atoms with Crippen LogP contribution in [0.5, 0.6) is 0 Å². The van der Waals surface area contributed by atoms with Crippen LogP contribution in [0, 0.1) is 5.92 Å². The number of rotatable bonds is 3. The van der Waals surface area contributed by atoms with Crippen molar-refractivity contribution in [1.82, 2.24) is 0 Å². The average Bonchev–Trinajstić information content (AvgIpc) is 2.51. The van der Waals surface area contributed by atoms with E-state index in [9.17, 15) is 0 Å². The number of allylic oxidation sites excluding steroid dienone is 4. The minimum atomic E-state index is 0.550. The summed E-state index contributed by atoms with van der Waals surface area (Å²) in [5.41, 5.74) is 5.01. The maximum atomic E-state index is 4.63. The van der Waals surface area contributed by atoms with Crippen molar-refractivity contribution in [3.63, 3.8) is 0 Å². The molecule has 0 aromatic rings. The molecule has 0 amide bonds. The molecule has 0 saturated carbocycles. The summed E-state index contributed by atoms with van der Waals surface area (Å²) in [5.74, 6) is 0.550. The van der Waals surface area contributed by atoms with Gasteiger partial charge in [0.15, 0.2) is 0 Å². The lowest BCUT2D eigenvalue weighted by Crippen LogP contribution is -2.36. The van der Waals surface area contributed by atoms with E-state index in [2.05, 4.69) is 58.2 Å². The van der Waals surface area contributed by atoms with Crippen LogP contribution in [0.2, 0.25) is 0 Å². The third-order valence-corrected chi connectivity index (χ3v) is 3.53. The Bertz CT molecular complexity index is 442. The Kier molecular flexibility index (Phi) is 3.09. The van der Waals surface area contributed by atoms with Crippen molar-refractivity contribution < 1.29 is 4.48 Å². The van der Waals surface area contributed by atoms with Crippen LogP contribution in [0.15, 0.2) is 40.1 Å². The molecular weight excluding hydrogens is 208 g/mol. The van der Waals surface area contributed by atoms with Crippen molar-refractivity contribution >= 4 is 5.71 Å². The van der Waals surface area contributed by atoms with Crippen molar-refractivity contribution in [3.05, 3.63) is 35.1 Å². The molecule has 1 aliphatic carbocycles. The molecule has 92 valence electrons. The van der Waals surface area contributed by atoms with Crippen molar-refractivity contribution in [2.24, 2.45) is 10.9 Å². The predicted molar refractivity (Wildman–Crippen MR) is 74.0 cm³/mol. The summed E-state index contributed by atoms with van der Waals surface area (Å²) in [4.78, 5) is 4.63. The van der Waals surface area contributed by atoms with Crippen LogP contribution < -0.4 is 0 Å². The highest BCUT2D eigenvalue weighted by Crippen LogP contribution is 2.32. The maximum Gasteiger partial charge on any atom is 0.0789 e. The molecule has 0 saturated heterocycles. The monoisotopic (exact) mass is 231 g/mol. The minimum Gasteiger partial charge on any atom is -0.331 e. The molecule has 1 heterocycles. The van der Waals surface area contributed by atoms with E-state index in [0.717, 1.165) is 4.48 Å². The van der Waals surface area contributed by atoms with Crippen molar-refractivity contribution in [3.8, 4) is 0 Å². The fraction of sp³-hybridized carbons (Fsp3) is 0.533. The van der Waals surface area contributed by atoms with Gasteiger partial charge in [-0.1, -0.05) is 18.2 Å². The molecule has 0 aromatic heterocycles. The normalized spacial score (nSPS) is 23.7. The number of hydrogen-bond donors (Lipinski definition) is 0. The second kappa shape index (κ2) is 4.26. The Morgan fingerprint density at radius 3 is 2.59 bits per heavy atom. The van der Waals surface area contributed by atoms with Gasteiger partial charge in [0.1, 0.15) is 0 Å². The lowest BCUT2D eigenvalue weighted by molar-refractivity contribution is -0.870. The van der Waals surface area contributed by atoms with Gasteiger partial charge in [0.05, 0.1) is 33.4 Å². The summed E-state index contributed by atoms with van der Waals surface area (Å²) >= 11 is 0. The molecule has 2 rings (SSSR count). The summed E-state index contributed by atoms with van der Waals surface area (Å²) in [5, 5.41) is 0. The predicted octanol–water partition coefficient (Wildman–Crippen LogP) is 2.94. The first-order valence-corrected chi connectivity index (χ1v) is 6.34. The first-order valence-electron chi connectivity index (χ1n) is 6.34. The topological polar surface area (TPSA) is 12.4 Å². The van der Waals surface area contributed by atoms with Crippen LogP contribution in [-0.4, -0.2) is 37.9 Å². The molecule has 1 aliphatic heterocycles. The van der Waals surface area contributed by atoms with E-state index < -0.39 is 0 Å². The first-order chi connectivity index (χ1) is 7.87. The highest BCUT2D eigenvalue weighted by molar-refractivity contribution is 6.03. The molecule has 2 nitrogen and oxygen atoms in total. The Morgan fingerprint density at radius 1 is 1.24 bits per heavy atom. The largest absolute Gasteiger partial charge is 0.331 e. The van der Waals surface area contributed by atoms with Crippen LogP contribution in [0.4, 0.5) is 0 Å². The van der Waals surface area contributed by atoms with Gasteiger partial charge in [-0.05, 0) is 19.4 Å². The number of hydrogen-bond acceptors (Lipinski definition) is 1. The van der Waals surface area contributed by atoms with Gasteiger partial charge in [0.25, 0.3) is 0 Å². The molecule has 0 aromatic carbocycles. The molecule has 0 bridgehead atoms. The van der Waals surface area contributed by atoms with E-state index in [1.807, 2.05) is 0 Å². The number of nitrogens with zero attached hydrogens (tertiary/aromatic N) is 2. The summed E-state index contributed by atoms with van der Waals surface area (Å²) in [6.45, 7) is 5.45. The average molecular weight is 231 g/mol. The number of fused-ring (bicyclic) bond motifs is 1. The SMILES string of the molecule is CC1=NC2=CC(CC[N+](C)(C)C)C=CC2=C1C. The van der Waals surface area contributed by atoms with Gasteiger partial charge in [-0.25, -0.2) is 0 Å². The van der Waals surface area contributed by atoms with Gasteiger partial charge in [-0.2, -0.15) is 0 Å². The van der Waals surface area contributed by atoms with Crippen molar-refractivity contribution in [2.45, 2.75) is 20.3 Å². The Balaban J connectivity index is 2.08. The lowest BCUT2D eigenvalue weighted by atomic mass is 9.93. The fourth-order valence-corrected chi connectivity index (χ4v) is 2.24. The summed E-state index contributed by atoms with van der Waals surface area (Å²) in [7, 11) is 6.73. The van der Waals surface area contributed by atoms with Crippen molar-refractivity contribution in [2.75, 3.05) is 27.7 Å². The van der Waals surface area contributed by atoms with Gasteiger partial charge < -0.3 is 4.48 Å². The van der Waals surface area contributed by atoms with E-state index >= 15 is 0 Å². The molecule has 0 radical (unpaired) electrons. The lowest BCUT2D eigenvalue weighted by Gasteiger charge is -2.25. The smallest absolute Gasteiger partial charge is 0.0789 e. The van der Waals surface area contributed by atoms with E-state index in [1.54, 1.807) is 0 Å². The van der Waals surface area contributed by atoms with Crippen LogP contribution in [0.1, 0.15) is 20.3 Å². The zero-order valence-corrected chi connectivity index (χ0v) is 11.6. The first kappa shape index (κ1) is 12.3. The van der Waals surface area contributed by atoms with E-state index in [-0.39, 0.29) is 0 Å². The Morgan fingerprint density at radius 2 is 1.94 bits per heavy atom. The molecular formula is C15H23N2+. The molecule has 2 aliphatic rings. The fourth-order valence-electron chi connectivity index (χ4n) is 2.24. The third kappa shape index (κ3) is 2.75. The van der Waals surface area contributed by atoms with E-state index in [1.165, 1.54) is 35.5 Å². The molecule has 2 heteroatoms. The molecule has 0 N–H and O–H groups in total. The van der Waals surface area contributed by atoms with Crippen LogP contribution in [0.25, 0.3) is 0 Å². The number of aliphatic imine (C=N–C) groups is 1. The van der Waals surface area contributed by atoms with Gasteiger partial charge in [-0.15, -0.1) is 0 Å². The quantitative estimate of drug-likeness (QED) is 0.662. The van der Waals surface area contributed by atoms with Gasteiger partial charge >= 0.3 is 0 Å². The standard InChI is InChI=1S/C15H23N2/c1-11-12(2)16-15-10-13(6-7-14(11)15)8-9-17(3,4)5/h6-7,10,13H,8-9H2,1-5H3/q+1. The zero-order valence-electron chi connectivity index (χ0n) is 11.6. The summed E-state index contributed by atoms with van der Waals surface area (Å²) in [6.07, 6.45) is 8.10. The molecule has 1 unspecified atom stereocenters. The van der Waals surface area contributed by atoms with Gasteiger partial charge in [-0.3, -0.25) is 4.99 Å². The third-order valence-electron chi connectivity index (χ3n) is 3.53. The zero-order chi connectivity index (χ0) is 12.6. The van der Waals surface area contributed by atoms with E-state index in [4.69, 9.17) is 0 Å². The maximum absolute atomic E-state index is 4.63. The van der Waals surface area contributed by atoms with Crippen LogP contribution >= 0.6 is 0 Å². The Hall–Kier alpha value is -1.15. The minimum absolute atomic E-state index is 0.550. The second-order valence-electron chi connectivity index (χ2n) is 6.11. The molecule has 0 spiro atoms. The molecule has 0 fully saturated rings. The van der Waals surface area contributed by atoms with Gasteiger partial charge in [0, 0.05) is 23.6 Å². The highest BCUT2D eigenvalue weighted by Gasteiger charge is 2.21. The number of quaternary nitrogens is 1. The second-order valence-corrected chi connectivity index (χ2v) is 6.11. The van der Waals surface area contributed by atoms with Gasteiger partial charge in [0.2, 0.25) is 0 Å². The summed E-state index contributed by atoms with van der Waals surface area (Å²) in [6, 6.07) is 0.